The first kappa shape index (κ1) is 14.2. The zero-order valence-corrected chi connectivity index (χ0v) is 10.2. The highest BCUT2D eigenvalue weighted by Crippen LogP contribution is 2.25. The Bertz CT molecular complexity index is 363. The van der Waals surface area contributed by atoms with Crippen molar-refractivity contribution >= 4 is 17.8 Å². The molecule has 0 spiro atoms. The fourth-order valence-electron chi connectivity index (χ4n) is 1.88. The summed E-state index contributed by atoms with van der Waals surface area (Å²) in [7, 11) is 0. The Morgan fingerprint density at radius 1 is 1.28 bits per heavy atom. The molecule has 0 aromatic carbocycles. The molecule has 0 aliphatic heterocycles. The predicted octanol–water partition coefficient (Wildman–Crippen LogP) is 0.333. The van der Waals surface area contributed by atoms with Crippen LogP contribution in [-0.4, -0.2) is 36.1 Å². The number of ether oxygens (including phenoxy) is 1. The van der Waals surface area contributed by atoms with Gasteiger partial charge in [0.25, 0.3) is 0 Å². The van der Waals surface area contributed by atoms with Crippen LogP contribution in [0.2, 0.25) is 0 Å². The number of carboxylic acids is 1. The van der Waals surface area contributed by atoms with Crippen LogP contribution in [0.15, 0.2) is 12.2 Å². The number of carbonyl (C=O) groups excluding carboxylic acids is 2. The van der Waals surface area contributed by atoms with Crippen molar-refractivity contribution in [1.29, 1.82) is 0 Å². The van der Waals surface area contributed by atoms with E-state index in [1.807, 2.05) is 0 Å². The van der Waals surface area contributed by atoms with Crippen molar-refractivity contribution < 1.29 is 24.2 Å². The molecular weight excluding hydrogens is 238 g/mol. The molecule has 0 aromatic rings. The van der Waals surface area contributed by atoms with E-state index in [9.17, 15) is 14.4 Å². The number of carboxylic acid groups (broad SMARTS) is 1. The smallest absolute Gasteiger partial charge is 0.325 e. The molecule has 0 saturated carbocycles. The first-order valence-corrected chi connectivity index (χ1v) is 5.87. The average Bonchev–Trinajstić information content (AvgIpc) is 2.36. The number of rotatable bonds is 5. The van der Waals surface area contributed by atoms with Gasteiger partial charge in [-0.2, -0.15) is 0 Å². The SMILES string of the molecule is CCOC(=O)CNC(=O)[C@@H]1CC=CC[C@@H]1C(=O)O. The lowest BCUT2D eigenvalue weighted by molar-refractivity contribution is -0.148. The van der Waals surface area contributed by atoms with Crippen LogP contribution in [0.3, 0.4) is 0 Å². The second kappa shape index (κ2) is 6.78. The van der Waals surface area contributed by atoms with Gasteiger partial charge in [0, 0.05) is 0 Å². The van der Waals surface area contributed by atoms with Gasteiger partial charge in [-0.1, -0.05) is 12.2 Å². The van der Waals surface area contributed by atoms with Gasteiger partial charge in [0.05, 0.1) is 18.4 Å². The summed E-state index contributed by atoms with van der Waals surface area (Å²) in [5, 5.41) is 11.4. The van der Waals surface area contributed by atoms with Crippen molar-refractivity contribution in [2.75, 3.05) is 13.2 Å². The van der Waals surface area contributed by atoms with Crippen LogP contribution in [-0.2, 0) is 19.1 Å². The number of nitrogens with one attached hydrogen (secondary N) is 1. The van der Waals surface area contributed by atoms with Crippen molar-refractivity contribution in [3.63, 3.8) is 0 Å². The molecule has 18 heavy (non-hydrogen) atoms. The van der Waals surface area contributed by atoms with Gasteiger partial charge in [0.2, 0.25) is 5.91 Å². The molecule has 0 aromatic heterocycles. The lowest BCUT2D eigenvalue weighted by Gasteiger charge is -2.23. The number of amides is 1. The van der Waals surface area contributed by atoms with Crippen LogP contribution < -0.4 is 5.32 Å². The summed E-state index contributed by atoms with van der Waals surface area (Å²) < 4.78 is 4.67. The van der Waals surface area contributed by atoms with Gasteiger partial charge in [-0.25, -0.2) is 0 Å². The first-order valence-electron chi connectivity index (χ1n) is 5.87. The topological polar surface area (TPSA) is 92.7 Å². The molecule has 2 N–H and O–H groups in total. The van der Waals surface area contributed by atoms with Crippen LogP contribution in [0.4, 0.5) is 0 Å². The Kier molecular flexibility index (Phi) is 5.35. The molecule has 0 bridgehead atoms. The van der Waals surface area contributed by atoms with Crippen LogP contribution in [0, 0.1) is 11.8 Å². The molecular formula is C12H17NO5. The predicted molar refractivity (Wildman–Crippen MR) is 62.6 cm³/mol. The summed E-state index contributed by atoms with van der Waals surface area (Å²) in [5.74, 6) is -3.28. The Morgan fingerprint density at radius 2 is 1.89 bits per heavy atom. The summed E-state index contributed by atoms with van der Waals surface area (Å²) in [6.07, 6.45) is 4.26. The number of hydrogen-bond donors (Lipinski definition) is 2. The molecule has 0 radical (unpaired) electrons. The maximum absolute atomic E-state index is 11.8. The van der Waals surface area contributed by atoms with E-state index in [4.69, 9.17) is 5.11 Å². The van der Waals surface area contributed by atoms with Crippen molar-refractivity contribution in [3.8, 4) is 0 Å². The van der Waals surface area contributed by atoms with E-state index in [1.54, 1.807) is 19.1 Å². The second-order valence-corrected chi connectivity index (χ2v) is 4.02. The molecule has 0 saturated heterocycles. The molecule has 2 atom stereocenters. The van der Waals surface area contributed by atoms with E-state index < -0.39 is 29.7 Å². The van der Waals surface area contributed by atoms with Gasteiger partial charge in [-0.3, -0.25) is 14.4 Å². The second-order valence-electron chi connectivity index (χ2n) is 4.02. The van der Waals surface area contributed by atoms with Crippen molar-refractivity contribution in [3.05, 3.63) is 12.2 Å². The van der Waals surface area contributed by atoms with Crippen LogP contribution in [0.25, 0.3) is 0 Å². The fourth-order valence-corrected chi connectivity index (χ4v) is 1.88. The summed E-state index contributed by atoms with van der Waals surface area (Å²) in [6.45, 7) is 1.70. The van der Waals surface area contributed by atoms with Crippen molar-refractivity contribution in [2.24, 2.45) is 11.8 Å². The lowest BCUT2D eigenvalue weighted by atomic mass is 9.82. The van der Waals surface area contributed by atoms with E-state index in [0.29, 0.717) is 12.8 Å². The molecule has 100 valence electrons. The molecule has 1 aliphatic carbocycles. The van der Waals surface area contributed by atoms with Gasteiger partial charge >= 0.3 is 11.9 Å². The van der Waals surface area contributed by atoms with Gasteiger partial charge in [-0.05, 0) is 19.8 Å². The van der Waals surface area contributed by atoms with Gasteiger partial charge in [0.15, 0.2) is 0 Å². The number of allylic oxidation sites excluding steroid dienone is 2. The number of hydrogen-bond acceptors (Lipinski definition) is 4. The highest BCUT2D eigenvalue weighted by atomic mass is 16.5. The maximum atomic E-state index is 11.8. The standard InChI is InChI=1S/C12H17NO5/c1-2-18-10(14)7-13-11(15)8-5-3-4-6-9(8)12(16)17/h3-4,8-9H,2,5-7H2,1H3,(H,13,15)(H,16,17)/t8-,9+/m1/s1. The molecule has 6 heteroatoms. The third-order valence-corrected chi connectivity index (χ3v) is 2.80. The highest BCUT2D eigenvalue weighted by Gasteiger charge is 2.33. The Labute approximate surface area is 105 Å². The van der Waals surface area contributed by atoms with E-state index in [1.165, 1.54) is 0 Å². The minimum absolute atomic E-state index is 0.223. The minimum atomic E-state index is -0.990. The molecule has 1 aliphatic rings. The Hall–Kier alpha value is -1.85. The number of esters is 1. The van der Waals surface area contributed by atoms with Crippen LogP contribution >= 0.6 is 0 Å². The highest BCUT2D eigenvalue weighted by molar-refractivity contribution is 5.87. The van der Waals surface area contributed by atoms with Crippen molar-refractivity contribution in [2.45, 2.75) is 19.8 Å². The Morgan fingerprint density at radius 3 is 2.44 bits per heavy atom. The minimum Gasteiger partial charge on any atom is -0.481 e. The normalized spacial score (nSPS) is 22.3. The quantitative estimate of drug-likeness (QED) is 0.545. The molecule has 0 unspecified atom stereocenters. The average molecular weight is 255 g/mol. The van der Waals surface area contributed by atoms with Crippen LogP contribution in [0.1, 0.15) is 19.8 Å². The molecule has 0 heterocycles. The maximum Gasteiger partial charge on any atom is 0.325 e. The zero-order valence-electron chi connectivity index (χ0n) is 10.2. The van der Waals surface area contributed by atoms with Gasteiger partial charge < -0.3 is 15.2 Å². The van der Waals surface area contributed by atoms with Gasteiger partial charge in [-0.15, -0.1) is 0 Å². The third kappa shape index (κ3) is 3.87. The first-order chi connectivity index (χ1) is 8.56. The van der Waals surface area contributed by atoms with Crippen LogP contribution in [0.5, 0.6) is 0 Å². The summed E-state index contributed by atoms with van der Waals surface area (Å²) in [4.78, 5) is 33.9. The van der Waals surface area contributed by atoms with E-state index in [-0.39, 0.29) is 13.2 Å². The number of aliphatic carboxylic acids is 1. The van der Waals surface area contributed by atoms with E-state index >= 15 is 0 Å². The largest absolute Gasteiger partial charge is 0.481 e. The zero-order chi connectivity index (χ0) is 13.5. The summed E-state index contributed by atoms with van der Waals surface area (Å²) in [5.41, 5.74) is 0. The number of carbonyl (C=O) groups is 3. The Balaban J connectivity index is 2.51. The summed E-state index contributed by atoms with van der Waals surface area (Å²) in [6, 6.07) is 0. The third-order valence-electron chi connectivity index (χ3n) is 2.80. The monoisotopic (exact) mass is 255 g/mol. The van der Waals surface area contributed by atoms with E-state index in [2.05, 4.69) is 10.1 Å². The molecule has 1 rings (SSSR count). The van der Waals surface area contributed by atoms with Crippen molar-refractivity contribution in [1.82, 2.24) is 5.32 Å². The van der Waals surface area contributed by atoms with E-state index in [0.717, 1.165) is 0 Å². The molecule has 6 nitrogen and oxygen atoms in total. The molecule has 1 amide bonds. The summed E-state index contributed by atoms with van der Waals surface area (Å²) >= 11 is 0. The lowest BCUT2D eigenvalue weighted by Crippen LogP contribution is -2.41. The van der Waals surface area contributed by atoms with Gasteiger partial charge in [0.1, 0.15) is 6.54 Å². The molecule has 0 fully saturated rings. The fraction of sp³-hybridized carbons (Fsp3) is 0.583.